The number of nitrogens with one attached hydrogen (secondary N) is 1. The highest BCUT2D eigenvalue weighted by Crippen LogP contribution is 2.13. The van der Waals surface area contributed by atoms with E-state index in [0.29, 0.717) is 11.3 Å². The molecule has 0 atom stereocenters. The first-order chi connectivity index (χ1) is 7.63. The lowest BCUT2D eigenvalue weighted by Gasteiger charge is -2.07. The first-order valence-electron chi connectivity index (χ1n) is 4.86. The number of rotatable bonds is 4. The largest absolute Gasteiger partial charge is 0.459 e. The van der Waals surface area contributed by atoms with Crippen LogP contribution in [0, 0.1) is 0 Å². The summed E-state index contributed by atoms with van der Waals surface area (Å²) in [5.41, 5.74) is 2.90. The van der Waals surface area contributed by atoms with E-state index in [9.17, 15) is 4.79 Å². The molecule has 5 heteroatoms. The smallest absolute Gasteiger partial charge is 0.338 e. The molecule has 0 fully saturated rings. The monoisotopic (exact) mass is 222 g/mol. The van der Waals surface area contributed by atoms with E-state index in [1.807, 2.05) is 0 Å². The molecule has 1 aromatic carbocycles. The summed E-state index contributed by atoms with van der Waals surface area (Å²) in [5.74, 6) is -0.356. The number of hydroxylamine groups is 1. The fourth-order valence-electron chi connectivity index (χ4n) is 1.07. The van der Waals surface area contributed by atoms with Gasteiger partial charge in [-0.15, -0.1) is 0 Å². The number of hydrogen-bond acceptors (Lipinski definition) is 4. The number of carbonyl (C=O) groups excluding carboxylic acids is 1. The lowest BCUT2D eigenvalue weighted by molar-refractivity contribution is 0.0378. The van der Waals surface area contributed by atoms with Crippen LogP contribution in [-0.4, -0.2) is 23.6 Å². The van der Waals surface area contributed by atoms with Gasteiger partial charge in [-0.1, -0.05) is 0 Å². The maximum Gasteiger partial charge on any atom is 0.338 e. The van der Waals surface area contributed by atoms with Gasteiger partial charge in [0.1, 0.15) is 6.34 Å². The van der Waals surface area contributed by atoms with Crippen molar-refractivity contribution >= 4 is 18.0 Å². The number of aliphatic imine (C=N–C) groups is 1. The molecular weight excluding hydrogens is 208 g/mol. The fraction of sp³-hybridized carbons (Fsp3) is 0.273. The highest BCUT2D eigenvalue weighted by molar-refractivity contribution is 5.89. The van der Waals surface area contributed by atoms with E-state index in [-0.39, 0.29) is 12.1 Å². The number of nitrogens with zero attached hydrogens (tertiary/aromatic N) is 1. The van der Waals surface area contributed by atoms with Gasteiger partial charge in [-0.25, -0.2) is 9.79 Å². The van der Waals surface area contributed by atoms with Crippen LogP contribution in [0.15, 0.2) is 29.3 Å². The first kappa shape index (κ1) is 12.2. The molecule has 0 saturated carbocycles. The number of esters is 1. The minimum Gasteiger partial charge on any atom is -0.459 e. The summed E-state index contributed by atoms with van der Waals surface area (Å²) < 4.78 is 5.03. The van der Waals surface area contributed by atoms with Gasteiger partial charge in [0.2, 0.25) is 0 Å². The highest BCUT2D eigenvalue weighted by atomic mass is 16.5. The number of ether oxygens (including phenoxy) is 1. The van der Waals surface area contributed by atoms with Crippen molar-refractivity contribution in [1.82, 2.24) is 5.48 Å². The zero-order valence-corrected chi connectivity index (χ0v) is 9.18. The van der Waals surface area contributed by atoms with E-state index >= 15 is 0 Å². The minimum atomic E-state index is -0.356. The van der Waals surface area contributed by atoms with E-state index in [4.69, 9.17) is 9.94 Å². The van der Waals surface area contributed by atoms with Gasteiger partial charge in [-0.05, 0) is 38.1 Å². The van der Waals surface area contributed by atoms with Gasteiger partial charge in [0.15, 0.2) is 0 Å². The van der Waals surface area contributed by atoms with E-state index in [1.165, 1.54) is 0 Å². The van der Waals surface area contributed by atoms with E-state index in [0.717, 1.165) is 6.34 Å². The summed E-state index contributed by atoms with van der Waals surface area (Å²) in [6, 6.07) is 6.55. The SMILES string of the molecule is CC(C)OC(=O)c1ccc(N=CNO)cc1. The molecule has 1 rings (SSSR count). The van der Waals surface area contributed by atoms with Crippen molar-refractivity contribution in [2.75, 3.05) is 0 Å². The normalized spacial score (nSPS) is 10.8. The summed E-state index contributed by atoms with van der Waals surface area (Å²) in [4.78, 5) is 15.3. The van der Waals surface area contributed by atoms with Crippen molar-refractivity contribution in [3.63, 3.8) is 0 Å². The molecule has 0 aromatic heterocycles. The summed E-state index contributed by atoms with van der Waals surface area (Å²) in [6.45, 7) is 3.59. The summed E-state index contributed by atoms with van der Waals surface area (Å²) in [5, 5.41) is 8.30. The molecule has 5 nitrogen and oxygen atoms in total. The van der Waals surface area contributed by atoms with Gasteiger partial charge in [-0.2, -0.15) is 0 Å². The first-order valence-corrected chi connectivity index (χ1v) is 4.86. The van der Waals surface area contributed by atoms with Gasteiger partial charge < -0.3 is 4.74 Å². The van der Waals surface area contributed by atoms with Crippen molar-refractivity contribution in [3.8, 4) is 0 Å². The molecule has 1 aromatic rings. The van der Waals surface area contributed by atoms with Crippen molar-refractivity contribution < 1.29 is 14.7 Å². The van der Waals surface area contributed by atoms with Crippen molar-refractivity contribution in [2.24, 2.45) is 4.99 Å². The molecule has 0 amide bonds. The Morgan fingerprint density at radius 2 is 2.06 bits per heavy atom. The molecule has 0 saturated heterocycles. The molecular formula is C11H14N2O3. The predicted octanol–water partition coefficient (Wildman–Crippen LogP) is 1.89. The van der Waals surface area contributed by atoms with Crippen molar-refractivity contribution in [2.45, 2.75) is 20.0 Å². The number of hydrogen-bond donors (Lipinski definition) is 2. The third-order valence-corrected chi connectivity index (χ3v) is 1.72. The van der Waals surface area contributed by atoms with Crippen LogP contribution in [0.3, 0.4) is 0 Å². The Morgan fingerprint density at radius 3 is 2.56 bits per heavy atom. The van der Waals surface area contributed by atoms with Crippen LogP contribution < -0.4 is 5.48 Å². The Hall–Kier alpha value is -1.88. The summed E-state index contributed by atoms with van der Waals surface area (Å²) in [7, 11) is 0. The lowest BCUT2D eigenvalue weighted by atomic mass is 10.2. The average Bonchev–Trinajstić information content (AvgIpc) is 2.26. The minimum absolute atomic E-state index is 0.135. The topological polar surface area (TPSA) is 70.9 Å². The number of carbonyl (C=O) groups is 1. The zero-order valence-electron chi connectivity index (χ0n) is 9.18. The Kier molecular flexibility index (Phi) is 4.47. The van der Waals surface area contributed by atoms with Crippen molar-refractivity contribution in [3.05, 3.63) is 29.8 Å². The lowest BCUT2D eigenvalue weighted by Crippen LogP contribution is -2.11. The van der Waals surface area contributed by atoms with Gasteiger partial charge in [-0.3, -0.25) is 10.7 Å². The zero-order chi connectivity index (χ0) is 12.0. The molecule has 0 spiro atoms. The van der Waals surface area contributed by atoms with Crippen LogP contribution in [0.4, 0.5) is 5.69 Å². The summed E-state index contributed by atoms with van der Waals surface area (Å²) in [6.07, 6.45) is 1.00. The van der Waals surface area contributed by atoms with Gasteiger partial charge >= 0.3 is 5.97 Å². The molecule has 0 aliphatic carbocycles. The third-order valence-electron chi connectivity index (χ3n) is 1.72. The molecule has 0 unspecified atom stereocenters. The second-order valence-corrected chi connectivity index (χ2v) is 3.39. The van der Waals surface area contributed by atoms with Crippen LogP contribution in [0.1, 0.15) is 24.2 Å². The Labute approximate surface area is 93.7 Å². The van der Waals surface area contributed by atoms with Crippen LogP contribution in [0.2, 0.25) is 0 Å². The van der Waals surface area contributed by atoms with Crippen LogP contribution in [0.25, 0.3) is 0 Å². The maximum atomic E-state index is 11.5. The molecule has 16 heavy (non-hydrogen) atoms. The van der Waals surface area contributed by atoms with Crippen LogP contribution >= 0.6 is 0 Å². The van der Waals surface area contributed by atoms with Crippen LogP contribution in [-0.2, 0) is 4.74 Å². The van der Waals surface area contributed by atoms with Gasteiger partial charge in [0.05, 0.1) is 17.4 Å². The Bertz CT molecular complexity index is 371. The van der Waals surface area contributed by atoms with E-state index in [2.05, 4.69) is 4.99 Å². The molecule has 2 N–H and O–H groups in total. The molecule has 86 valence electrons. The van der Waals surface area contributed by atoms with Crippen molar-refractivity contribution in [1.29, 1.82) is 0 Å². The molecule has 0 bridgehead atoms. The second kappa shape index (κ2) is 5.87. The van der Waals surface area contributed by atoms with Gasteiger partial charge in [0, 0.05) is 0 Å². The standard InChI is InChI=1S/C11H14N2O3/c1-8(2)16-11(14)9-3-5-10(6-4-9)12-7-13-15/h3-8,15H,1-2H3,(H,12,13). The Morgan fingerprint density at radius 1 is 1.44 bits per heavy atom. The summed E-state index contributed by atoms with van der Waals surface area (Å²) >= 11 is 0. The third kappa shape index (κ3) is 3.70. The molecule has 0 heterocycles. The predicted molar refractivity (Wildman–Crippen MR) is 60.1 cm³/mol. The van der Waals surface area contributed by atoms with E-state index in [1.54, 1.807) is 43.6 Å². The molecule has 0 aliphatic rings. The second-order valence-electron chi connectivity index (χ2n) is 3.39. The molecule has 0 aliphatic heterocycles. The maximum absolute atomic E-state index is 11.5. The highest BCUT2D eigenvalue weighted by Gasteiger charge is 2.08. The Balaban J connectivity index is 2.71. The quantitative estimate of drug-likeness (QED) is 0.353. The van der Waals surface area contributed by atoms with E-state index < -0.39 is 0 Å². The number of benzene rings is 1. The average molecular weight is 222 g/mol. The van der Waals surface area contributed by atoms with Gasteiger partial charge in [0.25, 0.3) is 0 Å². The van der Waals surface area contributed by atoms with Crippen LogP contribution in [0.5, 0.6) is 0 Å². The molecule has 0 radical (unpaired) electrons. The fourth-order valence-corrected chi connectivity index (χ4v) is 1.07.